The number of carbonyl (C=O) groups excluding carboxylic acids is 1. The van der Waals surface area contributed by atoms with Gasteiger partial charge in [-0.25, -0.2) is 4.98 Å². The molecule has 0 radical (unpaired) electrons. The molecule has 1 heterocycles. The third kappa shape index (κ3) is 4.55. The Hall–Kier alpha value is -3.98. The lowest BCUT2D eigenvalue weighted by Gasteiger charge is -2.06. The van der Waals surface area contributed by atoms with Gasteiger partial charge in [0, 0.05) is 34.6 Å². The number of pyridine rings is 1. The third-order valence-electron chi connectivity index (χ3n) is 3.78. The lowest BCUT2D eigenvalue weighted by Crippen LogP contribution is -2.12. The van der Waals surface area contributed by atoms with Crippen molar-refractivity contribution in [1.82, 2.24) is 4.98 Å². The van der Waals surface area contributed by atoms with E-state index in [-0.39, 0.29) is 11.6 Å². The minimum atomic E-state index is -0.471. The maximum atomic E-state index is 12.4. The highest BCUT2D eigenvalue weighted by Gasteiger charge is 2.14. The summed E-state index contributed by atoms with van der Waals surface area (Å²) in [6.45, 7) is 1.60. The van der Waals surface area contributed by atoms with Crippen molar-refractivity contribution in [2.24, 2.45) is 0 Å². The fourth-order valence-corrected chi connectivity index (χ4v) is 2.45. The van der Waals surface area contributed by atoms with E-state index in [1.807, 2.05) is 24.3 Å². The first-order valence-electron chi connectivity index (χ1n) is 8.12. The SMILES string of the molecule is Cc1cc(C(=O)Nc2cccc(C#Cc3ccccn3)c2)ccc1[N+](=O)[O-]. The highest BCUT2D eigenvalue weighted by atomic mass is 16.6. The third-order valence-corrected chi connectivity index (χ3v) is 3.78. The average Bonchev–Trinajstić information content (AvgIpc) is 2.67. The maximum absolute atomic E-state index is 12.4. The number of anilines is 1. The van der Waals surface area contributed by atoms with Gasteiger partial charge >= 0.3 is 0 Å². The van der Waals surface area contributed by atoms with Crippen LogP contribution in [0, 0.1) is 28.9 Å². The molecule has 27 heavy (non-hydrogen) atoms. The monoisotopic (exact) mass is 357 g/mol. The number of carbonyl (C=O) groups is 1. The molecule has 132 valence electrons. The number of aryl methyl sites for hydroxylation is 1. The van der Waals surface area contributed by atoms with E-state index in [4.69, 9.17) is 0 Å². The molecule has 0 saturated carbocycles. The summed E-state index contributed by atoms with van der Waals surface area (Å²) < 4.78 is 0. The molecule has 6 nitrogen and oxygen atoms in total. The first-order chi connectivity index (χ1) is 13.0. The van der Waals surface area contributed by atoms with Gasteiger partial charge in [-0.05, 0) is 55.3 Å². The molecule has 1 amide bonds. The highest BCUT2D eigenvalue weighted by Crippen LogP contribution is 2.20. The topological polar surface area (TPSA) is 85.1 Å². The van der Waals surface area contributed by atoms with Crippen molar-refractivity contribution < 1.29 is 9.72 Å². The second kappa shape index (κ2) is 7.93. The Morgan fingerprint density at radius 3 is 2.63 bits per heavy atom. The molecule has 2 aromatic carbocycles. The molecule has 0 unspecified atom stereocenters. The van der Waals surface area contributed by atoms with Crippen LogP contribution in [0.15, 0.2) is 66.9 Å². The van der Waals surface area contributed by atoms with Gasteiger partial charge in [-0.3, -0.25) is 14.9 Å². The molecule has 3 rings (SSSR count). The van der Waals surface area contributed by atoms with Crippen LogP contribution in [-0.2, 0) is 0 Å². The average molecular weight is 357 g/mol. The van der Waals surface area contributed by atoms with E-state index in [1.54, 1.807) is 31.3 Å². The normalized spacial score (nSPS) is 9.81. The van der Waals surface area contributed by atoms with Crippen molar-refractivity contribution in [2.75, 3.05) is 5.32 Å². The maximum Gasteiger partial charge on any atom is 0.272 e. The zero-order valence-corrected chi connectivity index (χ0v) is 14.5. The number of nitro benzene ring substituents is 1. The molecular formula is C21H15N3O3. The lowest BCUT2D eigenvalue weighted by atomic mass is 10.1. The van der Waals surface area contributed by atoms with Crippen molar-refractivity contribution in [3.05, 3.63) is 99.4 Å². The Labute approximate surface area is 156 Å². The molecule has 0 aliphatic rings. The summed E-state index contributed by atoms with van der Waals surface area (Å²) in [7, 11) is 0. The summed E-state index contributed by atoms with van der Waals surface area (Å²) in [4.78, 5) is 27.0. The van der Waals surface area contributed by atoms with E-state index in [1.165, 1.54) is 18.2 Å². The van der Waals surface area contributed by atoms with Gasteiger partial charge in [-0.2, -0.15) is 0 Å². The van der Waals surface area contributed by atoms with Gasteiger partial charge in [0.15, 0.2) is 0 Å². The number of nitro groups is 1. The molecule has 0 atom stereocenters. The van der Waals surface area contributed by atoms with Crippen molar-refractivity contribution in [3.8, 4) is 11.8 Å². The summed E-state index contributed by atoms with van der Waals surface area (Å²) in [5, 5.41) is 13.7. The van der Waals surface area contributed by atoms with Crippen LogP contribution in [0.5, 0.6) is 0 Å². The van der Waals surface area contributed by atoms with Gasteiger partial charge in [0.1, 0.15) is 5.69 Å². The first kappa shape index (κ1) is 17.8. The molecule has 3 aromatic rings. The number of amides is 1. The summed E-state index contributed by atoms with van der Waals surface area (Å²) in [6, 6.07) is 16.9. The zero-order chi connectivity index (χ0) is 19.2. The predicted molar refractivity (Wildman–Crippen MR) is 102 cm³/mol. The molecule has 0 bridgehead atoms. The molecule has 0 spiro atoms. The van der Waals surface area contributed by atoms with Crippen molar-refractivity contribution in [1.29, 1.82) is 0 Å². The van der Waals surface area contributed by atoms with Gasteiger partial charge in [0.2, 0.25) is 0 Å². The van der Waals surface area contributed by atoms with E-state index in [2.05, 4.69) is 22.1 Å². The second-order valence-electron chi connectivity index (χ2n) is 5.76. The minimum absolute atomic E-state index is 0.0154. The van der Waals surface area contributed by atoms with Crippen LogP contribution in [0.1, 0.15) is 27.2 Å². The molecular weight excluding hydrogens is 342 g/mol. The van der Waals surface area contributed by atoms with Crippen LogP contribution in [-0.4, -0.2) is 15.8 Å². The van der Waals surface area contributed by atoms with E-state index in [0.717, 1.165) is 5.56 Å². The van der Waals surface area contributed by atoms with Crippen molar-refractivity contribution in [3.63, 3.8) is 0 Å². The number of hydrogen-bond donors (Lipinski definition) is 1. The van der Waals surface area contributed by atoms with E-state index < -0.39 is 4.92 Å². The van der Waals surface area contributed by atoms with Gasteiger partial charge in [0.05, 0.1) is 4.92 Å². The zero-order valence-electron chi connectivity index (χ0n) is 14.5. The Kier molecular flexibility index (Phi) is 5.24. The highest BCUT2D eigenvalue weighted by molar-refractivity contribution is 6.04. The number of hydrogen-bond acceptors (Lipinski definition) is 4. The summed E-state index contributed by atoms with van der Waals surface area (Å²) in [5.74, 6) is 5.62. The fourth-order valence-electron chi connectivity index (χ4n) is 2.45. The quantitative estimate of drug-likeness (QED) is 0.437. The standard InChI is InChI=1S/C21H15N3O3/c1-15-13-17(9-11-20(15)24(26)27)21(25)23-19-7-4-5-16(14-19)8-10-18-6-2-3-12-22-18/h2-7,9,11-14H,1H3,(H,23,25). The van der Waals surface area contributed by atoms with Gasteiger partial charge < -0.3 is 5.32 Å². The molecule has 0 saturated heterocycles. The molecule has 1 aromatic heterocycles. The lowest BCUT2D eigenvalue weighted by molar-refractivity contribution is -0.385. The number of benzene rings is 2. The van der Waals surface area contributed by atoms with Crippen LogP contribution in [0.25, 0.3) is 0 Å². The summed E-state index contributed by atoms with van der Waals surface area (Å²) in [5.41, 5.74) is 2.75. The molecule has 0 fully saturated rings. The number of nitrogens with one attached hydrogen (secondary N) is 1. The minimum Gasteiger partial charge on any atom is -0.322 e. The number of aromatic nitrogens is 1. The first-order valence-corrected chi connectivity index (χ1v) is 8.12. The van der Waals surface area contributed by atoms with Crippen LogP contribution in [0.3, 0.4) is 0 Å². The Balaban J connectivity index is 1.76. The molecule has 1 N–H and O–H groups in total. The smallest absolute Gasteiger partial charge is 0.272 e. The van der Waals surface area contributed by atoms with Crippen molar-refractivity contribution >= 4 is 17.3 Å². The van der Waals surface area contributed by atoms with E-state index in [0.29, 0.717) is 22.5 Å². The fraction of sp³-hybridized carbons (Fsp3) is 0.0476. The number of rotatable bonds is 3. The van der Waals surface area contributed by atoms with Crippen molar-refractivity contribution in [2.45, 2.75) is 6.92 Å². The second-order valence-corrected chi connectivity index (χ2v) is 5.76. The number of nitrogens with zero attached hydrogens (tertiary/aromatic N) is 2. The predicted octanol–water partition coefficient (Wildman–Crippen LogP) is 3.95. The Morgan fingerprint density at radius 2 is 1.93 bits per heavy atom. The Morgan fingerprint density at radius 1 is 1.07 bits per heavy atom. The van der Waals surface area contributed by atoms with Gasteiger partial charge in [0.25, 0.3) is 11.6 Å². The summed E-state index contributed by atoms with van der Waals surface area (Å²) in [6.07, 6.45) is 1.67. The molecule has 6 heteroatoms. The Bertz CT molecular complexity index is 1070. The van der Waals surface area contributed by atoms with Crippen LogP contribution in [0.2, 0.25) is 0 Å². The molecule has 0 aliphatic carbocycles. The van der Waals surface area contributed by atoms with E-state index in [9.17, 15) is 14.9 Å². The largest absolute Gasteiger partial charge is 0.322 e. The van der Waals surface area contributed by atoms with Crippen LogP contribution in [0.4, 0.5) is 11.4 Å². The summed E-state index contributed by atoms with van der Waals surface area (Å²) >= 11 is 0. The van der Waals surface area contributed by atoms with Crippen LogP contribution < -0.4 is 5.32 Å². The van der Waals surface area contributed by atoms with E-state index >= 15 is 0 Å². The molecule has 0 aliphatic heterocycles. The van der Waals surface area contributed by atoms with Gasteiger partial charge in [-0.1, -0.05) is 18.1 Å². The van der Waals surface area contributed by atoms with Gasteiger partial charge in [-0.15, -0.1) is 0 Å². The van der Waals surface area contributed by atoms with Crippen LogP contribution >= 0.6 is 0 Å².